The Balaban J connectivity index is 2.56. The molecule has 0 aliphatic heterocycles. The molecule has 1 aromatic rings. The van der Waals surface area contributed by atoms with E-state index in [0.717, 1.165) is 42.3 Å². The van der Waals surface area contributed by atoms with Gasteiger partial charge in [-0.3, -0.25) is 0 Å². The molecule has 0 aromatic heterocycles. The van der Waals surface area contributed by atoms with Gasteiger partial charge in [0.1, 0.15) is 11.9 Å². The average molecular weight is 284 g/mol. The lowest BCUT2D eigenvalue weighted by molar-refractivity contribution is 0.184. The van der Waals surface area contributed by atoms with Crippen molar-refractivity contribution in [1.29, 1.82) is 0 Å². The topological polar surface area (TPSA) is 21.3 Å². The molecule has 0 spiro atoms. The van der Waals surface area contributed by atoms with Gasteiger partial charge >= 0.3 is 0 Å². The van der Waals surface area contributed by atoms with Gasteiger partial charge in [0.05, 0.1) is 0 Å². The summed E-state index contributed by atoms with van der Waals surface area (Å²) in [5.74, 6) is 1.61. The second-order valence-corrected chi connectivity index (χ2v) is 5.93. The molecule has 0 saturated heterocycles. The average Bonchev–Trinajstić information content (AvgIpc) is 2.32. The first-order valence-corrected chi connectivity index (χ1v) is 7.54. The number of hydrogen-bond donors (Lipinski definition) is 1. The van der Waals surface area contributed by atoms with Crippen LogP contribution in [0, 0.1) is 12.8 Å². The molecule has 0 amide bonds. The summed E-state index contributed by atoms with van der Waals surface area (Å²) in [6.07, 6.45) is 2.41. The molecular weight excluding hydrogens is 258 g/mol. The van der Waals surface area contributed by atoms with Crippen molar-refractivity contribution < 1.29 is 4.74 Å². The summed E-state index contributed by atoms with van der Waals surface area (Å²) < 4.78 is 6.10. The van der Waals surface area contributed by atoms with E-state index in [4.69, 9.17) is 16.3 Å². The molecule has 0 aliphatic carbocycles. The molecule has 0 fully saturated rings. The Kier molecular flexibility index (Phi) is 7.25. The van der Waals surface area contributed by atoms with Crippen molar-refractivity contribution in [1.82, 2.24) is 5.32 Å². The third kappa shape index (κ3) is 6.31. The monoisotopic (exact) mass is 283 g/mol. The van der Waals surface area contributed by atoms with Crippen LogP contribution in [0.25, 0.3) is 0 Å². The van der Waals surface area contributed by atoms with Crippen molar-refractivity contribution in [3.8, 4) is 5.75 Å². The van der Waals surface area contributed by atoms with E-state index in [2.05, 4.69) is 26.1 Å². The Hall–Kier alpha value is -0.730. The van der Waals surface area contributed by atoms with E-state index in [-0.39, 0.29) is 6.10 Å². The summed E-state index contributed by atoms with van der Waals surface area (Å²) >= 11 is 5.97. The standard InChI is InChI=1S/C16H26ClNO/c1-5-6-15(11-18-10-12(2)3)19-16-8-7-14(17)9-13(16)4/h7-9,12,15,18H,5-6,10-11H2,1-4H3. The van der Waals surface area contributed by atoms with E-state index in [9.17, 15) is 0 Å². The number of ether oxygens (including phenoxy) is 1. The van der Waals surface area contributed by atoms with Gasteiger partial charge in [-0.1, -0.05) is 38.8 Å². The van der Waals surface area contributed by atoms with Crippen LogP contribution in [0.1, 0.15) is 39.2 Å². The van der Waals surface area contributed by atoms with E-state index in [1.165, 1.54) is 0 Å². The Morgan fingerprint density at radius 1 is 1.26 bits per heavy atom. The van der Waals surface area contributed by atoms with Crippen LogP contribution in [0.15, 0.2) is 18.2 Å². The van der Waals surface area contributed by atoms with E-state index in [1.807, 2.05) is 25.1 Å². The van der Waals surface area contributed by atoms with Crippen LogP contribution in [0.2, 0.25) is 5.02 Å². The van der Waals surface area contributed by atoms with Gasteiger partial charge < -0.3 is 10.1 Å². The Bertz CT molecular complexity index is 379. The molecule has 1 rings (SSSR count). The zero-order valence-electron chi connectivity index (χ0n) is 12.5. The number of aryl methyl sites for hydroxylation is 1. The van der Waals surface area contributed by atoms with Crippen LogP contribution in [0.5, 0.6) is 5.75 Å². The lowest BCUT2D eigenvalue weighted by Crippen LogP contribution is -2.33. The minimum atomic E-state index is 0.226. The van der Waals surface area contributed by atoms with Gasteiger partial charge in [0.25, 0.3) is 0 Å². The molecule has 2 nitrogen and oxygen atoms in total. The van der Waals surface area contributed by atoms with Crippen LogP contribution < -0.4 is 10.1 Å². The predicted octanol–water partition coefficient (Wildman–Crippen LogP) is 4.44. The first kappa shape index (κ1) is 16.3. The molecule has 1 unspecified atom stereocenters. The molecule has 0 saturated carbocycles. The first-order chi connectivity index (χ1) is 9.02. The molecular formula is C16H26ClNO. The summed E-state index contributed by atoms with van der Waals surface area (Å²) in [5, 5.41) is 4.23. The summed E-state index contributed by atoms with van der Waals surface area (Å²) in [5.41, 5.74) is 1.09. The van der Waals surface area contributed by atoms with Crippen molar-refractivity contribution in [2.45, 2.75) is 46.6 Å². The largest absolute Gasteiger partial charge is 0.489 e. The molecule has 0 radical (unpaired) electrons. The van der Waals surface area contributed by atoms with Crippen molar-refractivity contribution >= 4 is 11.6 Å². The van der Waals surface area contributed by atoms with Gasteiger partial charge in [0.2, 0.25) is 0 Å². The molecule has 108 valence electrons. The zero-order valence-corrected chi connectivity index (χ0v) is 13.3. The highest BCUT2D eigenvalue weighted by molar-refractivity contribution is 6.30. The van der Waals surface area contributed by atoms with Gasteiger partial charge in [0.15, 0.2) is 0 Å². The highest BCUT2D eigenvalue weighted by Gasteiger charge is 2.11. The maximum absolute atomic E-state index is 6.10. The fraction of sp³-hybridized carbons (Fsp3) is 0.625. The van der Waals surface area contributed by atoms with Crippen LogP contribution in [0.4, 0.5) is 0 Å². The third-order valence-electron chi connectivity index (χ3n) is 2.97. The Morgan fingerprint density at radius 3 is 2.58 bits per heavy atom. The zero-order chi connectivity index (χ0) is 14.3. The van der Waals surface area contributed by atoms with Gasteiger partial charge in [-0.2, -0.15) is 0 Å². The van der Waals surface area contributed by atoms with E-state index < -0.39 is 0 Å². The van der Waals surface area contributed by atoms with Crippen LogP contribution in [-0.2, 0) is 0 Å². The third-order valence-corrected chi connectivity index (χ3v) is 3.20. The molecule has 3 heteroatoms. The van der Waals surface area contributed by atoms with Crippen LogP contribution in [0.3, 0.4) is 0 Å². The van der Waals surface area contributed by atoms with Crippen molar-refractivity contribution in [2.75, 3.05) is 13.1 Å². The summed E-state index contributed by atoms with van der Waals surface area (Å²) in [6.45, 7) is 10.6. The van der Waals surface area contributed by atoms with Crippen molar-refractivity contribution in [3.05, 3.63) is 28.8 Å². The maximum atomic E-state index is 6.10. The smallest absolute Gasteiger partial charge is 0.122 e. The number of rotatable bonds is 8. The van der Waals surface area contributed by atoms with E-state index in [0.29, 0.717) is 5.92 Å². The van der Waals surface area contributed by atoms with Crippen molar-refractivity contribution in [3.63, 3.8) is 0 Å². The quantitative estimate of drug-likeness (QED) is 0.761. The number of halogens is 1. The highest BCUT2D eigenvalue weighted by atomic mass is 35.5. The lowest BCUT2D eigenvalue weighted by atomic mass is 10.1. The first-order valence-electron chi connectivity index (χ1n) is 7.16. The Labute approximate surface area is 122 Å². The van der Waals surface area contributed by atoms with Gasteiger partial charge in [-0.05, 0) is 49.6 Å². The van der Waals surface area contributed by atoms with Crippen molar-refractivity contribution in [2.24, 2.45) is 5.92 Å². The van der Waals surface area contributed by atoms with E-state index in [1.54, 1.807) is 0 Å². The van der Waals surface area contributed by atoms with Gasteiger partial charge in [-0.15, -0.1) is 0 Å². The minimum absolute atomic E-state index is 0.226. The fourth-order valence-electron chi connectivity index (χ4n) is 1.98. The van der Waals surface area contributed by atoms with Crippen LogP contribution in [-0.4, -0.2) is 19.2 Å². The van der Waals surface area contributed by atoms with Gasteiger partial charge in [-0.25, -0.2) is 0 Å². The summed E-state index contributed by atoms with van der Waals surface area (Å²) in [6, 6.07) is 5.79. The molecule has 0 aliphatic rings. The fourth-order valence-corrected chi connectivity index (χ4v) is 2.21. The van der Waals surface area contributed by atoms with Crippen LogP contribution >= 0.6 is 11.6 Å². The molecule has 1 N–H and O–H groups in total. The second kappa shape index (κ2) is 8.44. The molecule has 1 aromatic carbocycles. The lowest BCUT2D eigenvalue weighted by Gasteiger charge is -2.21. The maximum Gasteiger partial charge on any atom is 0.122 e. The summed E-state index contributed by atoms with van der Waals surface area (Å²) in [4.78, 5) is 0. The second-order valence-electron chi connectivity index (χ2n) is 5.49. The minimum Gasteiger partial charge on any atom is -0.489 e. The van der Waals surface area contributed by atoms with E-state index >= 15 is 0 Å². The molecule has 0 heterocycles. The normalized spacial score (nSPS) is 12.7. The number of nitrogens with one attached hydrogen (secondary N) is 1. The number of hydrogen-bond acceptors (Lipinski definition) is 2. The summed E-state index contributed by atoms with van der Waals surface area (Å²) in [7, 11) is 0. The Morgan fingerprint density at radius 2 is 2.00 bits per heavy atom. The molecule has 0 bridgehead atoms. The number of benzene rings is 1. The highest BCUT2D eigenvalue weighted by Crippen LogP contribution is 2.23. The SMILES string of the molecule is CCCC(CNCC(C)C)Oc1ccc(Cl)cc1C. The predicted molar refractivity (Wildman–Crippen MR) is 83.2 cm³/mol. The molecule has 1 atom stereocenters. The van der Waals surface area contributed by atoms with Gasteiger partial charge in [0, 0.05) is 11.6 Å². The molecule has 19 heavy (non-hydrogen) atoms.